The number of aromatic nitrogens is 5. The normalized spacial score (nSPS) is 14.5. The van der Waals surface area contributed by atoms with Crippen LogP contribution in [0.1, 0.15) is 40.7 Å². The maximum absolute atomic E-state index is 13.9. The first-order valence-electron chi connectivity index (χ1n) is 12.1. The molecule has 36 heavy (non-hydrogen) atoms. The van der Waals surface area contributed by atoms with Gasteiger partial charge >= 0.3 is 0 Å². The van der Waals surface area contributed by atoms with Gasteiger partial charge < -0.3 is 9.84 Å². The van der Waals surface area contributed by atoms with Crippen molar-refractivity contribution in [1.29, 1.82) is 0 Å². The third-order valence-electron chi connectivity index (χ3n) is 5.22. The molecule has 0 aliphatic carbocycles. The Kier molecular flexibility index (Phi) is 5.80. The van der Waals surface area contributed by atoms with Gasteiger partial charge in [-0.15, -0.1) is 0 Å². The Hall–Kier alpha value is -3.76. The lowest BCUT2D eigenvalue weighted by molar-refractivity contribution is 0.0688. The van der Waals surface area contributed by atoms with E-state index in [1.165, 1.54) is 29.1 Å². The topological polar surface area (TPSA) is 103 Å². The highest BCUT2D eigenvalue weighted by Gasteiger charge is 2.21. The summed E-state index contributed by atoms with van der Waals surface area (Å²) in [4.78, 5) is 29.4. The van der Waals surface area contributed by atoms with Crippen molar-refractivity contribution in [2.75, 3.05) is 0 Å². The van der Waals surface area contributed by atoms with Crippen LogP contribution in [0.5, 0.6) is 5.75 Å². The quantitative estimate of drug-likeness (QED) is 0.404. The van der Waals surface area contributed by atoms with E-state index in [0.29, 0.717) is 23.0 Å². The first kappa shape index (κ1) is 21.5. The number of rotatable bonds is 6. The molecule has 8 nitrogen and oxygen atoms in total. The summed E-state index contributed by atoms with van der Waals surface area (Å²) in [6.45, 7) is 1.30. The summed E-state index contributed by atoms with van der Waals surface area (Å²) in [6.07, 6.45) is 3.65. The molecule has 4 aromatic heterocycles. The molecular formula is C25H22ClF2N5O3. The second-order valence-corrected chi connectivity index (χ2v) is 8.55. The summed E-state index contributed by atoms with van der Waals surface area (Å²) in [5.74, 6) is -2.06. The van der Waals surface area contributed by atoms with Gasteiger partial charge in [-0.25, -0.2) is 18.7 Å². The third-order valence-corrected chi connectivity index (χ3v) is 5.57. The Morgan fingerprint density at radius 1 is 1.17 bits per heavy atom. The Balaban J connectivity index is 1.72. The molecule has 0 amide bonds. The van der Waals surface area contributed by atoms with Crippen LogP contribution in [0.4, 0.5) is 8.78 Å². The minimum atomic E-state index is -2.78. The van der Waals surface area contributed by atoms with Crippen LogP contribution in [0, 0.1) is 25.5 Å². The Morgan fingerprint density at radius 3 is 2.67 bits per heavy atom. The van der Waals surface area contributed by atoms with Crippen LogP contribution >= 0.6 is 11.6 Å². The van der Waals surface area contributed by atoms with Crippen LogP contribution in [-0.4, -0.2) is 29.6 Å². The largest absolute Gasteiger partial charge is 0.485 e. The molecule has 0 aliphatic heterocycles. The van der Waals surface area contributed by atoms with Crippen LogP contribution in [-0.2, 0) is 12.2 Å². The lowest BCUT2D eigenvalue weighted by Gasteiger charge is -2.17. The van der Waals surface area contributed by atoms with Crippen molar-refractivity contribution in [3.63, 3.8) is 0 Å². The minimum absolute atomic E-state index is 0.0137. The molecule has 0 radical (unpaired) electrons. The molecule has 1 N–H and O–H groups in total. The van der Waals surface area contributed by atoms with Crippen molar-refractivity contribution >= 4 is 11.6 Å². The van der Waals surface area contributed by atoms with E-state index < -0.39 is 29.6 Å². The van der Waals surface area contributed by atoms with E-state index in [2.05, 4.69) is 19.9 Å². The first-order chi connectivity index (χ1) is 18.2. The second-order valence-electron chi connectivity index (χ2n) is 8.17. The molecule has 186 valence electrons. The summed E-state index contributed by atoms with van der Waals surface area (Å²) in [6, 6.07) is 5.21. The van der Waals surface area contributed by atoms with Crippen molar-refractivity contribution in [3.05, 3.63) is 92.6 Å². The van der Waals surface area contributed by atoms with Crippen LogP contribution < -0.4 is 10.3 Å². The molecule has 0 saturated carbocycles. The van der Waals surface area contributed by atoms with Gasteiger partial charge in [0.2, 0.25) is 0 Å². The van der Waals surface area contributed by atoms with Gasteiger partial charge in [-0.05, 0) is 45.3 Å². The lowest BCUT2D eigenvalue weighted by atomic mass is 10.1. The van der Waals surface area contributed by atoms with Crippen LogP contribution in [0.2, 0.25) is 5.02 Å². The molecule has 4 heterocycles. The minimum Gasteiger partial charge on any atom is -0.485 e. The fraction of sp³-hybridized carbons (Fsp3) is 0.240. The number of halogens is 3. The van der Waals surface area contributed by atoms with Gasteiger partial charge in [-0.3, -0.25) is 19.3 Å². The molecule has 4 aromatic rings. The van der Waals surface area contributed by atoms with Gasteiger partial charge in [-0.1, -0.05) is 11.6 Å². The van der Waals surface area contributed by atoms with Crippen molar-refractivity contribution in [2.45, 2.75) is 39.8 Å². The number of aryl methyl sites for hydroxylation is 2. The molecule has 1 atom stereocenters. The summed E-state index contributed by atoms with van der Waals surface area (Å²) in [5.41, 5.74) is -1.17. The maximum atomic E-state index is 13.9. The zero-order chi connectivity index (χ0) is 28.7. The summed E-state index contributed by atoms with van der Waals surface area (Å²) in [5, 5.41) is 10.2. The third kappa shape index (κ3) is 5.09. The van der Waals surface area contributed by atoms with Gasteiger partial charge in [0.1, 0.15) is 34.5 Å². The SMILES string of the molecule is [2H]C([2H])([2H])C(C)(O)c1nccc(-c2cc(-n3c(C)cc(OCc4ncc(F)cc4F)c(Cl)c3=O)c(C)cn2)n1. The number of aliphatic hydroxyl groups is 1. The lowest BCUT2D eigenvalue weighted by Crippen LogP contribution is -2.23. The molecule has 0 aromatic carbocycles. The fourth-order valence-corrected chi connectivity index (χ4v) is 3.60. The average molecular weight is 517 g/mol. The molecule has 0 saturated heterocycles. The zero-order valence-electron chi connectivity index (χ0n) is 22.4. The summed E-state index contributed by atoms with van der Waals surface area (Å²) >= 11 is 6.32. The van der Waals surface area contributed by atoms with Crippen LogP contribution in [0.15, 0.2) is 47.7 Å². The standard InChI is InChI=1S/C25H22ClF2N5O3/c1-13-10-30-18(17-5-6-29-24(32-17)25(3,4)35)9-20(13)33-14(2)7-21(22(26)23(33)34)36-12-19-16(28)8-15(27)11-31-19/h5-11,35H,12H2,1-4H3/i3D3. The van der Waals surface area contributed by atoms with Gasteiger partial charge in [0.05, 0.1) is 23.3 Å². The first-order valence-corrected chi connectivity index (χ1v) is 11.0. The van der Waals surface area contributed by atoms with E-state index in [-0.39, 0.29) is 40.3 Å². The molecule has 4 rings (SSSR count). The molecule has 0 bridgehead atoms. The zero-order valence-corrected chi connectivity index (χ0v) is 20.1. The Labute approximate surface area is 214 Å². The van der Waals surface area contributed by atoms with E-state index in [9.17, 15) is 18.7 Å². The van der Waals surface area contributed by atoms with E-state index in [4.69, 9.17) is 20.5 Å². The van der Waals surface area contributed by atoms with Crippen LogP contribution in [0.3, 0.4) is 0 Å². The summed E-state index contributed by atoms with van der Waals surface area (Å²) in [7, 11) is 0. The number of ether oxygens (including phenoxy) is 1. The number of hydrogen-bond donors (Lipinski definition) is 1. The maximum Gasteiger partial charge on any atom is 0.277 e. The highest BCUT2D eigenvalue weighted by atomic mass is 35.5. The Bertz CT molecular complexity index is 1630. The van der Waals surface area contributed by atoms with E-state index in [1.807, 2.05) is 0 Å². The highest BCUT2D eigenvalue weighted by molar-refractivity contribution is 6.31. The number of nitrogens with zero attached hydrogens (tertiary/aromatic N) is 5. The van der Waals surface area contributed by atoms with Crippen molar-refractivity contribution in [3.8, 4) is 22.8 Å². The van der Waals surface area contributed by atoms with E-state index >= 15 is 0 Å². The van der Waals surface area contributed by atoms with Gasteiger partial charge in [-0.2, -0.15) is 0 Å². The van der Waals surface area contributed by atoms with E-state index in [0.717, 1.165) is 13.1 Å². The van der Waals surface area contributed by atoms with E-state index in [1.54, 1.807) is 19.9 Å². The molecule has 0 fully saturated rings. The molecular weight excluding hydrogens is 492 g/mol. The Morgan fingerprint density at radius 2 is 1.94 bits per heavy atom. The monoisotopic (exact) mass is 516 g/mol. The molecule has 11 heteroatoms. The van der Waals surface area contributed by atoms with Crippen molar-refractivity contribution in [1.82, 2.24) is 24.5 Å². The predicted molar refractivity (Wildman–Crippen MR) is 129 cm³/mol. The summed E-state index contributed by atoms with van der Waals surface area (Å²) < 4.78 is 56.7. The van der Waals surface area contributed by atoms with Gasteiger partial charge in [0.25, 0.3) is 5.56 Å². The average Bonchev–Trinajstić information content (AvgIpc) is 2.86. The number of hydrogen-bond acceptors (Lipinski definition) is 7. The predicted octanol–water partition coefficient (Wildman–Crippen LogP) is 4.44. The molecule has 0 spiro atoms. The number of pyridine rings is 3. The van der Waals surface area contributed by atoms with Crippen LogP contribution in [0.25, 0.3) is 17.1 Å². The molecule has 1 unspecified atom stereocenters. The smallest absolute Gasteiger partial charge is 0.277 e. The van der Waals surface area contributed by atoms with Crippen molar-refractivity contribution < 1.29 is 22.7 Å². The van der Waals surface area contributed by atoms with Crippen molar-refractivity contribution in [2.24, 2.45) is 0 Å². The highest BCUT2D eigenvalue weighted by Crippen LogP contribution is 2.27. The van der Waals surface area contributed by atoms with Gasteiger partial charge in [0, 0.05) is 34.3 Å². The fourth-order valence-electron chi connectivity index (χ4n) is 3.41. The van der Waals surface area contributed by atoms with Gasteiger partial charge in [0.15, 0.2) is 11.6 Å². The molecule has 0 aliphatic rings. The second kappa shape index (κ2) is 9.71.